The Hall–Kier alpha value is -2.36. The van der Waals surface area contributed by atoms with Crippen LogP contribution in [0.15, 0.2) is 36.5 Å². The molecule has 0 rings (SSSR count). The monoisotopic (exact) mass is 808 g/mol. The molecule has 0 spiro atoms. The molecule has 0 heterocycles. The number of hydrogen-bond donors (Lipinski definition) is 0. The van der Waals surface area contributed by atoms with Crippen LogP contribution in [-0.4, -0.2) is 80.9 Å². The summed E-state index contributed by atoms with van der Waals surface area (Å²) in [5.41, 5.74) is 0. The Balaban J connectivity index is -0.000000155. The fraction of sp³-hybridized carbons (Fsp3) is 0.571. The smallest absolute Gasteiger partial charge is 0.545 e. The summed E-state index contributed by atoms with van der Waals surface area (Å²) < 4.78 is 3.31. The largest absolute Gasteiger partial charge is 4.00 e. The van der Waals surface area contributed by atoms with E-state index in [0.717, 1.165) is 0 Å². The summed E-state index contributed by atoms with van der Waals surface area (Å²) in [4.78, 5) is 56.5. The van der Waals surface area contributed by atoms with Gasteiger partial charge in [-0.05, 0) is 36.5 Å². The van der Waals surface area contributed by atoms with E-state index >= 15 is 0 Å². The van der Waals surface area contributed by atoms with Gasteiger partial charge in [-0.2, -0.15) is 0 Å². The van der Waals surface area contributed by atoms with Gasteiger partial charge in [0.15, 0.2) is 0 Å². The molecule has 0 saturated carbocycles. The number of hydrogen-bond acceptors (Lipinski definition) is 12. The zero-order chi connectivity index (χ0) is 32.3. The van der Waals surface area contributed by atoms with Crippen molar-refractivity contribution in [1.29, 1.82) is 0 Å². The third kappa shape index (κ3) is 71.2. The Labute approximate surface area is 275 Å². The van der Waals surface area contributed by atoms with Gasteiger partial charge in [0.25, 0.3) is 0 Å². The molecule has 0 bridgehead atoms. The van der Waals surface area contributed by atoms with Crippen molar-refractivity contribution in [3.8, 4) is 0 Å². The summed E-state index contributed by atoms with van der Waals surface area (Å²) in [5, 5.41) is 56.5. The Morgan fingerprint density at radius 2 is 0.595 bits per heavy atom. The van der Waals surface area contributed by atoms with E-state index in [4.69, 9.17) is 0 Å². The van der Waals surface area contributed by atoms with E-state index in [1.54, 1.807) is 21.7 Å². The van der Waals surface area contributed by atoms with E-state index in [-0.39, 0.29) is 45.0 Å². The van der Waals surface area contributed by atoms with Crippen LogP contribution in [0.2, 0.25) is 8.87 Å². The van der Waals surface area contributed by atoms with Crippen molar-refractivity contribution in [2.45, 2.75) is 99.8 Å². The quantitative estimate of drug-likeness (QED) is 0.0680. The van der Waals surface area contributed by atoms with Crippen molar-refractivity contribution in [3.63, 3.8) is 0 Å². The molecule has 0 fully saturated rings. The van der Waals surface area contributed by atoms with Crippen molar-refractivity contribution < 1.29 is 59.4 Å². The van der Waals surface area contributed by atoms with Gasteiger partial charge in [0, 0.05) is 0 Å². The van der Waals surface area contributed by atoms with Crippen LogP contribution < -0.4 is 30.6 Å². The molecule has 232 valence electrons. The van der Waals surface area contributed by atoms with E-state index in [1.807, 2.05) is 0 Å². The van der Waals surface area contributed by atoms with Crippen LogP contribution in [-0.2, 0) is 28.8 Å². The molecule has 0 aliphatic carbocycles. The maximum absolute atomic E-state index is 9.41. The minimum Gasteiger partial charge on any atom is -0.545 e. The average molecular weight is 806 g/mol. The number of carbonyl (C=O) groups excluding carboxylic acids is 6. The van der Waals surface area contributed by atoms with Crippen molar-refractivity contribution >= 4 is 80.9 Å². The Bertz CT molecular complexity index is 666. The number of unbranched alkanes of at least 4 members (excludes halogenated alkanes) is 10. The normalized spacial score (nSPS) is 9.67. The third-order valence-corrected chi connectivity index (χ3v) is 8.52. The first kappa shape index (κ1) is 49.3. The summed E-state index contributed by atoms with van der Waals surface area (Å²) in [6.07, 6.45) is 20.1. The third-order valence-electron chi connectivity index (χ3n) is 4.48. The van der Waals surface area contributed by atoms with Crippen LogP contribution in [0.3, 0.4) is 0 Å². The van der Waals surface area contributed by atoms with Gasteiger partial charge >= 0.3 is 145 Å². The van der Waals surface area contributed by atoms with Crippen LogP contribution in [0.5, 0.6) is 0 Å². The van der Waals surface area contributed by atoms with Gasteiger partial charge in [-0.1, -0.05) is 0 Å². The Morgan fingerprint density at radius 1 is 0.405 bits per heavy atom. The fourth-order valence-corrected chi connectivity index (χ4v) is 6.16. The molecule has 0 aromatic rings. The van der Waals surface area contributed by atoms with Crippen molar-refractivity contribution in [2.24, 2.45) is 0 Å². The first-order valence-corrected chi connectivity index (χ1v) is 17.3. The second kappa shape index (κ2) is 40.8. The number of rotatable bonds is 20. The molecule has 0 radical (unpaired) electrons. The van der Waals surface area contributed by atoms with Gasteiger partial charge in [-0.25, -0.2) is 0 Å². The molecule has 14 heteroatoms. The molecule has 0 aromatic carbocycles. The second-order valence-corrected chi connectivity index (χ2v) is 12.5. The molecule has 0 aliphatic heterocycles. The first-order chi connectivity index (χ1) is 19.3. The molecular weight excluding hydrogens is 766 g/mol. The van der Waals surface area contributed by atoms with Gasteiger partial charge in [0.05, 0.1) is 35.8 Å². The molecule has 0 atom stereocenters. The van der Waals surface area contributed by atoms with E-state index < -0.39 is 35.8 Å². The maximum Gasteiger partial charge on any atom is 4.00 e. The molecule has 0 saturated heterocycles. The SMILES string of the molecule is CCCCCCC[CH2][Sn+2][CH2]CCCCCCC.O=C([O-])C=CC(=O)[O-].O=C([O-])C=CC(=O)[O-].O=C([O-])C=CC(=O)[O-].[Sn+4]. The van der Waals surface area contributed by atoms with Crippen LogP contribution in [0.1, 0.15) is 90.9 Å². The molecular formula is C28H40O12Sn2. The first-order valence-electron chi connectivity index (χ1n) is 13.3. The summed E-state index contributed by atoms with van der Waals surface area (Å²) in [6.45, 7) is 4.60. The summed E-state index contributed by atoms with van der Waals surface area (Å²) in [7, 11) is 0. The van der Waals surface area contributed by atoms with Gasteiger partial charge in [0.2, 0.25) is 0 Å². The van der Waals surface area contributed by atoms with Gasteiger partial charge in [0.1, 0.15) is 0 Å². The summed E-state index contributed by atoms with van der Waals surface area (Å²) in [5.74, 6) is -9.28. The molecule has 12 nitrogen and oxygen atoms in total. The van der Waals surface area contributed by atoms with Crippen molar-refractivity contribution in [1.82, 2.24) is 0 Å². The Kier molecular flexibility index (Phi) is 47.9. The van der Waals surface area contributed by atoms with E-state index in [1.165, 1.54) is 64.2 Å². The van der Waals surface area contributed by atoms with Crippen LogP contribution in [0.4, 0.5) is 0 Å². The minimum atomic E-state index is -1.55. The number of carboxylic acids is 6. The summed E-state index contributed by atoms with van der Waals surface area (Å²) in [6, 6.07) is 0. The molecule has 42 heavy (non-hydrogen) atoms. The molecule has 0 amide bonds. The second-order valence-electron chi connectivity index (χ2n) is 8.20. The maximum atomic E-state index is 9.41. The molecule has 0 aliphatic rings. The van der Waals surface area contributed by atoms with Crippen molar-refractivity contribution in [3.05, 3.63) is 36.5 Å². The molecule has 0 aromatic heterocycles. The zero-order valence-electron chi connectivity index (χ0n) is 24.3. The topological polar surface area (TPSA) is 241 Å². The summed E-state index contributed by atoms with van der Waals surface area (Å²) >= 11 is 0.0736. The average Bonchev–Trinajstić information content (AvgIpc) is 2.89. The molecule has 0 unspecified atom stereocenters. The fourth-order valence-electron chi connectivity index (χ4n) is 2.59. The zero-order valence-corrected chi connectivity index (χ0v) is 30.0. The van der Waals surface area contributed by atoms with Gasteiger partial charge in [-0.15, -0.1) is 0 Å². The van der Waals surface area contributed by atoms with Crippen LogP contribution >= 0.6 is 0 Å². The number of aliphatic carboxylic acids is 6. The van der Waals surface area contributed by atoms with Gasteiger partial charge < -0.3 is 59.4 Å². The minimum absolute atomic E-state index is 0. The number of carbonyl (C=O) groups is 6. The van der Waals surface area contributed by atoms with E-state index in [2.05, 4.69) is 13.8 Å². The van der Waals surface area contributed by atoms with Gasteiger partial charge in [-0.3, -0.25) is 0 Å². The van der Waals surface area contributed by atoms with Crippen molar-refractivity contribution in [2.75, 3.05) is 0 Å². The van der Waals surface area contributed by atoms with E-state index in [9.17, 15) is 59.4 Å². The molecule has 0 N–H and O–H groups in total. The Morgan fingerprint density at radius 3 is 0.786 bits per heavy atom. The predicted octanol–water partition coefficient (Wildman–Crippen LogP) is -3.01. The predicted molar refractivity (Wildman–Crippen MR) is 145 cm³/mol. The van der Waals surface area contributed by atoms with Crippen LogP contribution in [0.25, 0.3) is 0 Å². The van der Waals surface area contributed by atoms with E-state index in [0.29, 0.717) is 36.5 Å². The standard InChI is InChI=1S/2C8H17.3C4H4O4.2Sn/c2*1-3-5-7-8-6-4-2;3*5-3(6)1-2-4(7)8;;/h2*1,3-8H2,2H3;3*1-2H,(H,5,6)(H,7,8);;/q;;;;;+2;+4/p-6. The van der Waals surface area contributed by atoms with Crippen LogP contribution in [0, 0.1) is 0 Å². The number of carboxylic acid groups (broad SMARTS) is 6.